The number of pyridine rings is 1. The number of hydrogen-bond acceptors (Lipinski definition) is 6. The van der Waals surface area contributed by atoms with Crippen LogP contribution in [-0.2, 0) is 4.74 Å². The van der Waals surface area contributed by atoms with Crippen molar-refractivity contribution in [3.05, 3.63) is 78.0 Å². The van der Waals surface area contributed by atoms with Crippen LogP contribution < -0.4 is 15.4 Å². The van der Waals surface area contributed by atoms with E-state index < -0.39 is 5.97 Å². The molecule has 3 rings (SSSR count). The van der Waals surface area contributed by atoms with Gasteiger partial charge in [-0.1, -0.05) is 18.2 Å². The van der Waals surface area contributed by atoms with Crippen molar-refractivity contribution in [2.24, 2.45) is 0 Å². The van der Waals surface area contributed by atoms with Crippen LogP contribution in [0.3, 0.4) is 0 Å². The smallest absolute Gasteiger partial charge is 0.337 e. The summed E-state index contributed by atoms with van der Waals surface area (Å²) >= 11 is 0. The lowest BCUT2D eigenvalue weighted by molar-refractivity contribution is 0.0600. The molecule has 2 aromatic carbocycles. The summed E-state index contributed by atoms with van der Waals surface area (Å²) in [6, 6.07) is 17.2. The van der Waals surface area contributed by atoms with E-state index in [0.717, 1.165) is 0 Å². The number of hydrogen-bond donors (Lipinski definition) is 2. The van der Waals surface area contributed by atoms with E-state index in [-0.39, 0.29) is 5.91 Å². The molecule has 0 unspecified atom stereocenters. The molecule has 0 atom stereocenters. The molecule has 28 heavy (non-hydrogen) atoms. The Balaban J connectivity index is 1.77. The van der Waals surface area contributed by atoms with Crippen LogP contribution >= 0.6 is 0 Å². The predicted molar refractivity (Wildman–Crippen MR) is 106 cm³/mol. The predicted octanol–water partition coefficient (Wildman–Crippen LogP) is 3.87. The fraction of sp³-hybridized carbons (Fsp3) is 0.0952. The molecule has 0 fully saturated rings. The lowest BCUT2D eigenvalue weighted by Crippen LogP contribution is -2.13. The Bertz CT molecular complexity index is 1000. The van der Waals surface area contributed by atoms with Gasteiger partial charge in [0, 0.05) is 17.4 Å². The van der Waals surface area contributed by atoms with E-state index in [4.69, 9.17) is 9.47 Å². The maximum Gasteiger partial charge on any atom is 0.337 e. The number of nitrogens with one attached hydrogen (secondary N) is 2. The molecule has 1 heterocycles. The highest BCUT2D eigenvalue weighted by Crippen LogP contribution is 2.24. The molecule has 0 aliphatic carbocycles. The topological polar surface area (TPSA) is 89.5 Å². The zero-order valence-corrected chi connectivity index (χ0v) is 15.4. The first kappa shape index (κ1) is 18.9. The van der Waals surface area contributed by atoms with Crippen LogP contribution in [0.5, 0.6) is 5.75 Å². The standard InChI is InChI=1S/C21H19N3O4/c1-27-18-9-4-3-8-17(18)24-20(25)14-10-11-22-19(13-14)23-16-7-5-6-15(12-16)21(26)28-2/h3-13H,1-2H3,(H,22,23)(H,24,25). The number of aromatic nitrogens is 1. The fourth-order valence-electron chi connectivity index (χ4n) is 2.57. The molecule has 0 bridgehead atoms. The maximum atomic E-state index is 12.6. The molecule has 3 aromatic rings. The summed E-state index contributed by atoms with van der Waals surface area (Å²) in [5.41, 5.74) is 2.06. The van der Waals surface area contributed by atoms with Gasteiger partial charge in [-0.2, -0.15) is 0 Å². The number of nitrogens with zero attached hydrogens (tertiary/aromatic N) is 1. The lowest BCUT2D eigenvalue weighted by atomic mass is 10.2. The minimum absolute atomic E-state index is 0.293. The van der Waals surface area contributed by atoms with Gasteiger partial charge in [0.2, 0.25) is 0 Å². The van der Waals surface area contributed by atoms with Crippen molar-refractivity contribution in [3.8, 4) is 5.75 Å². The van der Waals surface area contributed by atoms with Gasteiger partial charge in [-0.25, -0.2) is 9.78 Å². The number of anilines is 3. The van der Waals surface area contributed by atoms with Gasteiger partial charge in [0.1, 0.15) is 11.6 Å². The van der Waals surface area contributed by atoms with Gasteiger partial charge in [0.05, 0.1) is 25.5 Å². The van der Waals surface area contributed by atoms with Gasteiger partial charge >= 0.3 is 5.97 Å². The van der Waals surface area contributed by atoms with Crippen molar-refractivity contribution in [2.45, 2.75) is 0 Å². The van der Waals surface area contributed by atoms with Crippen LogP contribution in [0, 0.1) is 0 Å². The summed E-state index contributed by atoms with van der Waals surface area (Å²) in [7, 11) is 2.87. The van der Waals surface area contributed by atoms with Crippen LogP contribution in [0.25, 0.3) is 0 Å². The fourth-order valence-corrected chi connectivity index (χ4v) is 2.57. The van der Waals surface area contributed by atoms with Gasteiger partial charge in [-0.3, -0.25) is 4.79 Å². The Morgan fingerprint density at radius 3 is 2.54 bits per heavy atom. The van der Waals surface area contributed by atoms with Crippen molar-refractivity contribution in [2.75, 3.05) is 24.9 Å². The third-order valence-corrected chi connectivity index (χ3v) is 3.93. The van der Waals surface area contributed by atoms with Crippen LogP contribution in [0.1, 0.15) is 20.7 Å². The first-order chi connectivity index (χ1) is 13.6. The molecule has 7 nitrogen and oxygen atoms in total. The van der Waals surface area contributed by atoms with E-state index in [0.29, 0.717) is 34.1 Å². The van der Waals surface area contributed by atoms with Crippen molar-refractivity contribution < 1.29 is 19.1 Å². The van der Waals surface area contributed by atoms with Gasteiger partial charge in [-0.15, -0.1) is 0 Å². The van der Waals surface area contributed by atoms with Crippen LogP contribution in [0.2, 0.25) is 0 Å². The molecule has 1 amide bonds. The SMILES string of the molecule is COC(=O)c1cccc(Nc2cc(C(=O)Nc3ccccc3OC)ccn2)c1. The average Bonchev–Trinajstić information content (AvgIpc) is 2.74. The number of carbonyl (C=O) groups is 2. The summed E-state index contributed by atoms with van der Waals surface area (Å²) in [4.78, 5) is 28.5. The normalized spacial score (nSPS) is 10.1. The third-order valence-electron chi connectivity index (χ3n) is 3.93. The van der Waals surface area contributed by atoms with Gasteiger partial charge in [-0.05, 0) is 42.5 Å². The van der Waals surface area contributed by atoms with E-state index >= 15 is 0 Å². The Morgan fingerprint density at radius 2 is 1.75 bits per heavy atom. The molecule has 0 aliphatic heterocycles. The Morgan fingerprint density at radius 1 is 0.929 bits per heavy atom. The molecular weight excluding hydrogens is 358 g/mol. The largest absolute Gasteiger partial charge is 0.495 e. The van der Waals surface area contributed by atoms with Gasteiger partial charge in [0.25, 0.3) is 5.91 Å². The number of ether oxygens (including phenoxy) is 2. The molecule has 7 heteroatoms. The molecule has 0 saturated heterocycles. The van der Waals surface area contributed by atoms with E-state index in [9.17, 15) is 9.59 Å². The van der Waals surface area contributed by atoms with Crippen LogP contribution in [-0.4, -0.2) is 31.1 Å². The molecule has 0 radical (unpaired) electrons. The number of rotatable bonds is 6. The summed E-state index contributed by atoms with van der Waals surface area (Å²) in [6.07, 6.45) is 1.53. The monoisotopic (exact) mass is 377 g/mol. The minimum atomic E-state index is -0.429. The molecule has 1 aromatic heterocycles. The van der Waals surface area contributed by atoms with Crippen molar-refractivity contribution in [1.29, 1.82) is 0 Å². The van der Waals surface area contributed by atoms with E-state index in [1.54, 1.807) is 55.6 Å². The Labute approximate surface area is 162 Å². The van der Waals surface area contributed by atoms with Crippen molar-refractivity contribution in [1.82, 2.24) is 4.98 Å². The highest BCUT2D eigenvalue weighted by Gasteiger charge is 2.11. The Kier molecular flexibility index (Phi) is 5.86. The van der Waals surface area contributed by atoms with Crippen LogP contribution in [0.4, 0.5) is 17.2 Å². The molecule has 0 saturated carbocycles. The highest BCUT2D eigenvalue weighted by molar-refractivity contribution is 6.05. The first-order valence-corrected chi connectivity index (χ1v) is 8.46. The highest BCUT2D eigenvalue weighted by atomic mass is 16.5. The molecular formula is C21H19N3O4. The number of benzene rings is 2. The summed E-state index contributed by atoms with van der Waals surface area (Å²) < 4.78 is 9.97. The average molecular weight is 377 g/mol. The third kappa shape index (κ3) is 4.45. The molecule has 0 aliphatic rings. The minimum Gasteiger partial charge on any atom is -0.495 e. The van der Waals surface area contributed by atoms with Crippen LogP contribution in [0.15, 0.2) is 66.9 Å². The molecule has 0 spiro atoms. The lowest BCUT2D eigenvalue weighted by Gasteiger charge is -2.11. The maximum absolute atomic E-state index is 12.6. The van der Waals surface area contributed by atoms with Crippen molar-refractivity contribution >= 4 is 29.1 Å². The number of methoxy groups -OCH3 is 2. The second-order valence-corrected chi connectivity index (χ2v) is 5.78. The van der Waals surface area contributed by atoms with Crippen molar-refractivity contribution in [3.63, 3.8) is 0 Å². The number of esters is 1. The number of para-hydroxylation sites is 2. The zero-order chi connectivity index (χ0) is 19.9. The summed E-state index contributed by atoms with van der Waals surface area (Å²) in [5.74, 6) is 0.317. The first-order valence-electron chi connectivity index (χ1n) is 8.46. The Hall–Kier alpha value is -3.87. The molecule has 2 N–H and O–H groups in total. The van der Waals surface area contributed by atoms with E-state index in [1.807, 2.05) is 12.1 Å². The summed E-state index contributed by atoms with van der Waals surface area (Å²) in [5, 5.41) is 5.90. The summed E-state index contributed by atoms with van der Waals surface area (Å²) in [6.45, 7) is 0. The second kappa shape index (κ2) is 8.68. The second-order valence-electron chi connectivity index (χ2n) is 5.78. The zero-order valence-electron chi connectivity index (χ0n) is 15.4. The van der Waals surface area contributed by atoms with E-state index in [2.05, 4.69) is 15.6 Å². The quantitative estimate of drug-likeness (QED) is 0.634. The van der Waals surface area contributed by atoms with E-state index in [1.165, 1.54) is 13.3 Å². The molecule has 142 valence electrons. The number of amides is 1. The van der Waals surface area contributed by atoms with Gasteiger partial charge in [0.15, 0.2) is 0 Å². The number of carbonyl (C=O) groups excluding carboxylic acids is 2. The van der Waals surface area contributed by atoms with Gasteiger partial charge < -0.3 is 20.1 Å².